The Balaban J connectivity index is 2.65. The van der Waals surface area contributed by atoms with Crippen molar-refractivity contribution in [2.45, 2.75) is 40.0 Å². The zero-order valence-electron chi connectivity index (χ0n) is 14.5. The summed E-state index contributed by atoms with van der Waals surface area (Å²) in [6, 6.07) is -0.485. The topological polar surface area (TPSA) is 66.6 Å². The smallest absolute Gasteiger partial charge is 0.314 e. The summed E-state index contributed by atoms with van der Waals surface area (Å²) in [6.07, 6.45) is 7.07. The number of amides is 3. The van der Waals surface area contributed by atoms with Crippen molar-refractivity contribution in [2.24, 2.45) is 11.1 Å². The van der Waals surface area contributed by atoms with Gasteiger partial charge in [-0.2, -0.15) is 0 Å². The first-order valence-electron chi connectivity index (χ1n) is 7.79. The molecule has 2 N–H and O–H groups in total. The molecule has 0 heterocycles. The fourth-order valence-electron chi connectivity index (χ4n) is 2.81. The van der Waals surface area contributed by atoms with Crippen LogP contribution in [-0.2, 0) is 4.79 Å². The second-order valence-corrected chi connectivity index (χ2v) is 6.78. The molecule has 5 nitrogen and oxygen atoms in total. The maximum atomic E-state index is 12.2. The number of urea groups is 1. The van der Waals surface area contributed by atoms with Crippen molar-refractivity contribution in [3.05, 3.63) is 23.3 Å². The average molecular weight is 307 g/mol. The molecule has 0 unspecified atom stereocenters. The van der Waals surface area contributed by atoms with Crippen LogP contribution >= 0.6 is 0 Å². The molecule has 0 bridgehead atoms. The number of hydrogen-bond donors (Lipinski definition) is 1. The summed E-state index contributed by atoms with van der Waals surface area (Å²) in [5.41, 5.74) is 7.94. The Kier molecular flexibility index (Phi) is 6.21. The number of likely N-dealkylation sites (N-methyl/N-ethyl adjacent to an activating group) is 2. The number of nitrogens with zero attached hydrogens (tertiary/aromatic N) is 2. The van der Waals surface area contributed by atoms with E-state index in [1.165, 1.54) is 22.5 Å². The third kappa shape index (κ3) is 4.90. The van der Waals surface area contributed by atoms with E-state index < -0.39 is 6.03 Å². The lowest BCUT2D eigenvalue weighted by atomic mass is 9.72. The van der Waals surface area contributed by atoms with E-state index in [1.54, 1.807) is 25.1 Å². The number of carbonyl (C=O) groups is 2. The normalized spacial score (nSPS) is 17.7. The van der Waals surface area contributed by atoms with Crippen molar-refractivity contribution in [1.29, 1.82) is 0 Å². The lowest BCUT2D eigenvalue weighted by molar-refractivity contribution is -0.124. The van der Waals surface area contributed by atoms with E-state index in [1.807, 2.05) is 6.08 Å². The number of hydrogen-bond acceptors (Lipinski definition) is 2. The molecule has 0 aromatic heterocycles. The SMILES string of the molecule is CC1=C(C=CC(=O)N(C)CCN(C)C(N)=O)C(C)(C)CCC1. The molecule has 0 spiro atoms. The van der Waals surface area contributed by atoms with Gasteiger partial charge in [0.1, 0.15) is 0 Å². The molecule has 0 aliphatic heterocycles. The van der Waals surface area contributed by atoms with Crippen molar-refractivity contribution < 1.29 is 9.59 Å². The van der Waals surface area contributed by atoms with Crippen LogP contribution in [0.4, 0.5) is 4.79 Å². The standard InChI is InChI=1S/C17H29N3O2/c1-13-7-6-10-17(2,3)14(13)8-9-15(21)19(4)11-12-20(5)16(18)22/h8-9H,6-7,10-12H2,1-5H3,(H2,18,22). The Morgan fingerprint density at radius 1 is 1.23 bits per heavy atom. The van der Waals surface area contributed by atoms with E-state index >= 15 is 0 Å². The van der Waals surface area contributed by atoms with E-state index in [2.05, 4.69) is 20.8 Å². The highest BCUT2D eigenvalue weighted by atomic mass is 16.2. The summed E-state index contributed by atoms with van der Waals surface area (Å²) in [4.78, 5) is 26.1. The molecule has 1 aliphatic rings. The van der Waals surface area contributed by atoms with Gasteiger partial charge in [-0.3, -0.25) is 4.79 Å². The van der Waals surface area contributed by atoms with Crippen molar-refractivity contribution in [3.8, 4) is 0 Å². The second kappa shape index (κ2) is 7.47. The van der Waals surface area contributed by atoms with Crippen molar-refractivity contribution in [1.82, 2.24) is 9.80 Å². The van der Waals surface area contributed by atoms with Crippen LogP contribution in [0.25, 0.3) is 0 Å². The first-order chi connectivity index (χ1) is 10.1. The quantitative estimate of drug-likeness (QED) is 0.793. The van der Waals surface area contributed by atoms with Gasteiger partial charge in [-0.15, -0.1) is 0 Å². The minimum atomic E-state index is -0.485. The monoisotopic (exact) mass is 307 g/mol. The largest absolute Gasteiger partial charge is 0.351 e. The van der Waals surface area contributed by atoms with Crippen LogP contribution in [0.3, 0.4) is 0 Å². The molecule has 1 rings (SSSR count). The summed E-state index contributed by atoms with van der Waals surface area (Å²) < 4.78 is 0. The van der Waals surface area contributed by atoms with E-state index in [0.717, 1.165) is 12.8 Å². The van der Waals surface area contributed by atoms with E-state index in [9.17, 15) is 9.59 Å². The van der Waals surface area contributed by atoms with Crippen LogP contribution in [0.1, 0.15) is 40.0 Å². The first kappa shape index (κ1) is 18.3. The zero-order chi connectivity index (χ0) is 16.9. The summed E-state index contributed by atoms with van der Waals surface area (Å²) in [7, 11) is 3.35. The minimum absolute atomic E-state index is 0.0560. The lowest BCUT2D eigenvalue weighted by Gasteiger charge is -2.33. The summed E-state index contributed by atoms with van der Waals surface area (Å²) >= 11 is 0. The molecule has 124 valence electrons. The summed E-state index contributed by atoms with van der Waals surface area (Å²) in [5.74, 6) is -0.0560. The third-order valence-corrected chi connectivity index (χ3v) is 4.46. The van der Waals surface area contributed by atoms with Crippen LogP contribution in [0, 0.1) is 5.41 Å². The highest BCUT2D eigenvalue weighted by Gasteiger charge is 2.26. The van der Waals surface area contributed by atoms with Gasteiger partial charge in [-0.1, -0.05) is 25.5 Å². The fraction of sp³-hybridized carbons (Fsp3) is 0.647. The fourth-order valence-corrected chi connectivity index (χ4v) is 2.81. The average Bonchev–Trinajstić information content (AvgIpc) is 2.42. The van der Waals surface area contributed by atoms with Crippen LogP contribution < -0.4 is 5.73 Å². The molecule has 1 aliphatic carbocycles. The van der Waals surface area contributed by atoms with Crippen molar-refractivity contribution >= 4 is 11.9 Å². The maximum absolute atomic E-state index is 12.2. The van der Waals surface area contributed by atoms with Crippen molar-refractivity contribution in [3.63, 3.8) is 0 Å². The van der Waals surface area contributed by atoms with Gasteiger partial charge in [0.15, 0.2) is 0 Å². The molecule has 0 radical (unpaired) electrons. The predicted molar refractivity (Wildman–Crippen MR) is 89.3 cm³/mol. The van der Waals surface area contributed by atoms with Crippen LogP contribution in [0.15, 0.2) is 23.3 Å². The molecule has 22 heavy (non-hydrogen) atoms. The molecule has 0 atom stereocenters. The maximum Gasteiger partial charge on any atom is 0.314 e. The van der Waals surface area contributed by atoms with Gasteiger partial charge in [0, 0.05) is 33.3 Å². The number of allylic oxidation sites excluding steroid dienone is 3. The second-order valence-electron chi connectivity index (χ2n) is 6.78. The number of primary amides is 1. The van der Waals surface area contributed by atoms with Crippen LogP contribution in [0.5, 0.6) is 0 Å². The molecular formula is C17H29N3O2. The first-order valence-corrected chi connectivity index (χ1v) is 7.79. The highest BCUT2D eigenvalue weighted by molar-refractivity contribution is 5.88. The van der Waals surface area contributed by atoms with Gasteiger partial charge in [-0.05, 0) is 37.2 Å². The number of carbonyl (C=O) groups excluding carboxylic acids is 2. The van der Waals surface area contributed by atoms with Gasteiger partial charge >= 0.3 is 6.03 Å². The highest BCUT2D eigenvalue weighted by Crippen LogP contribution is 2.40. The summed E-state index contributed by atoms with van der Waals surface area (Å²) in [5, 5.41) is 0. The van der Waals surface area contributed by atoms with E-state index in [4.69, 9.17) is 5.73 Å². The Morgan fingerprint density at radius 3 is 2.36 bits per heavy atom. The molecule has 0 fully saturated rings. The number of nitrogens with two attached hydrogens (primary N) is 1. The van der Waals surface area contributed by atoms with Gasteiger partial charge in [0.25, 0.3) is 0 Å². The Morgan fingerprint density at radius 2 is 1.82 bits per heavy atom. The molecule has 0 aromatic rings. The number of rotatable bonds is 5. The molecule has 0 aromatic carbocycles. The van der Waals surface area contributed by atoms with E-state index in [0.29, 0.717) is 13.1 Å². The van der Waals surface area contributed by atoms with Gasteiger partial charge in [-0.25, -0.2) is 4.79 Å². The predicted octanol–water partition coefficient (Wildman–Crippen LogP) is 2.54. The Labute approximate surface area is 133 Å². The van der Waals surface area contributed by atoms with E-state index in [-0.39, 0.29) is 11.3 Å². The molecule has 5 heteroatoms. The summed E-state index contributed by atoms with van der Waals surface area (Å²) in [6.45, 7) is 7.50. The molecule has 0 saturated carbocycles. The third-order valence-electron chi connectivity index (χ3n) is 4.46. The minimum Gasteiger partial charge on any atom is -0.351 e. The van der Waals surface area contributed by atoms with Crippen LogP contribution in [-0.4, -0.2) is 48.9 Å². The Bertz CT molecular complexity index is 492. The lowest BCUT2D eigenvalue weighted by Crippen LogP contribution is -2.39. The van der Waals surface area contributed by atoms with Crippen LogP contribution in [0.2, 0.25) is 0 Å². The zero-order valence-corrected chi connectivity index (χ0v) is 14.5. The van der Waals surface area contributed by atoms with Gasteiger partial charge in [0.2, 0.25) is 5.91 Å². The van der Waals surface area contributed by atoms with Crippen molar-refractivity contribution in [2.75, 3.05) is 27.2 Å². The molecule has 0 saturated heterocycles. The van der Waals surface area contributed by atoms with Gasteiger partial charge < -0.3 is 15.5 Å². The molecular weight excluding hydrogens is 278 g/mol. The van der Waals surface area contributed by atoms with Gasteiger partial charge in [0.05, 0.1) is 0 Å². The Hall–Kier alpha value is -1.78. The molecule has 3 amide bonds.